The predicted molar refractivity (Wildman–Crippen MR) is 105 cm³/mol. The molecule has 2 N–H and O–H groups in total. The van der Waals surface area contributed by atoms with Gasteiger partial charge in [0.05, 0.1) is 16.8 Å². The third-order valence-electron chi connectivity index (χ3n) is 4.48. The van der Waals surface area contributed by atoms with Crippen LogP contribution in [-0.2, 0) is 4.79 Å². The molecule has 0 radical (unpaired) electrons. The number of carbonyl (C=O) groups excluding carboxylic acids is 1. The highest BCUT2D eigenvalue weighted by Gasteiger charge is 2.13. The molecule has 0 aliphatic carbocycles. The van der Waals surface area contributed by atoms with Crippen molar-refractivity contribution in [1.29, 1.82) is 0 Å². The lowest BCUT2D eigenvalue weighted by molar-refractivity contribution is -0.384. The molecule has 142 valence electrons. The molecule has 0 unspecified atom stereocenters. The van der Waals surface area contributed by atoms with Crippen molar-refractivity contribution in [3.63, 3.8) is 0 Å². The largest absolute Gasteiger partial charge is 0.379 e. The van der Waals surface area contributed by atoms with E-state index in [1.165, 1.54) is 25.3 Å². The fourth-order valence-electron chi connectivity index (χ4n) is 3.09. The molecule has 2 aromatic rings. The van der Waals surface area contributed by atoms with Crippen molar-refractivity contribution < 1.29 is 9.72 Å². The maximum Gasteiger partial charge on any atom is 0.292 e. The Morgan fingerprint density at radius 1 is 1.15 bits per heavy atom. The van der Waals surface area contributed by atoms with Crippen LogP contribution in [0.4, 0.5) is 22.9 Å². The van der Waals surface area contributed by atoms with E-state index in [1.807, 2.05) is 12.1 Å². The summed E-state index contributed by atoms with van der Waals surface area (Å²) >= 11 is 0. The minimum absolute atomic E-state index is 0.00425. The Bertz CT molecular complexity index is 788. The van der Waals surface area contributed by atoms with E-state index < -0.39 is 4.92 Å². The van der Waals surface area contributed by atoms with Crippen LogP contribution < -0.4 is 15.5 Å². The van der Waals surface area contributed by atoms with Gasteiger partial charge in [0.15, 0.2) is 0 Å². The van der Waals surface area contributed by atoms with Crippen LogP contribution in [0.1, 0.15) is 25.7 Å². The van der Waals surface area contributed by atoms with Crippen LogP contribution >= 0.6 is 0 Å². The summed E-state index contributed by atoms with van der Waals surface area (Å²) in [6.07, 6.45) is 5.50. The number of nitrogens with one attached hydrogen (secondary N) is 2. The molecule has 0 atom stereocenters. The highest BCUT2D eigenvalue weighted by molar-refractivity contribution is 5.91. The molecule has 3 rings (SSSR count). The van der Waals surface area contributed by atoms with Crippen molar-refractivity contribution in [3.8, 4) is 0 Å². The van der Waals surface area contributed by atoms with Crippen LogP contribution in [0.3, 0.4) is 0 Å². The van der Waals surface area contributed by atoms with Gasteiger partial charge in [0.2, 0.25) is 5.91 Å². The third-order valence-corrected chi connectivity index (χ3v) is 4.48. The van der Waals surface area contributed by atoms with Crippen molar-refractivity contribution >= 4 is 28.8 Å². The zero-order chi connectivity index (χ0) is 19.1. The summed E-state index contributed by atoms with van der Waals surface area (Å²) in [5, 5.41) is 16.7. The number of nitro benzene ring substituents is 1. The molecule has 0 spiro atoms. The summed E-state index contributed by atoms with van der Waals surface area (Å²) in [5.74, 6) is 0.763. The van der Waals surface area contributed by atoms with Crippen LogP contribution in [-0.4, -0.2) is 35.4 Å². The SMILES string of the molecule is O=C(CCNc1ccccc1[N+](=O)[O-])Nc1ccc(N2CCCCC2)nc1. The van der Waals surface area contributed by atoms with Crippen LogP contribution in [0.25, 0.3) is 0 Å². The first-order valence-electron chi connectivity index (χ1n) is 9.11. The first-order valence-corrected chi connectivity index (χ1v) is 9.11. The number of nitro groups is 1. The van der Waals surface area contributed by atoms with E-state index in [9.17, 15) is 14.9 Å². The van der Waals surface area contributed by atoms with Gasteiger partial charge in [-0.3, -0.25) is 14.9 Å². The zero-order valence-electron chi connectivity index (χ0n) is 15.1. The number of benzene rings is 1. The number of para-hydroxylation sites is 2. The number of hydrogen-bond acceptors (Lipinski definition) is 6. The number of pyridine rings is 1. The Kier molecular flexibility index (Phi) is 6.19. The normalized spacial score (nSPS) is 13.9. The van der Waals surface area contributed by atoms with Crippen molar-refractivity contribution in [2.75, 3.05) is 35.2 Å². The van der Waals surface area contributed by atoms with Gasteiger partial charge in [-0.05, 0) is 37.5 Å². The van der Waals surface area contributed by atoms with Gasteiger partial charge in [0, 0.05) is 32.1 Å². The van der Waals surface area contributed by atoms with E-state index in [2.05, 4.69) is 20.5 Å². The van der Waals surface area contributed by atoms with E-state index >= 15 is 0 Å². The molecule has 1 aromatic carbocycles. The Morgan fingerprint density at radius 2 is 1.93 bits per heavy atom. The van der Waals surface area contributed by atoms with Crippen LogP contribution in [0.15, 0.2) is 42.6 Å². The van der Waals surface area contributed by atoms with Gasteiger partial charge in [-0.2, -0.15) is 0 Å². The second kappa shape index (κ2) is 8.98. The number of piperidine rings is 1. The lowest BCUT2D eigenvalue weighted by Crippen LogP contribution is -2.30. The van der Waals surface area contributed by atoms with Gasteiger partial charge in [0.25, 0.3) is 5.69 Å². The molecule has 1 aliphatic rings. The number of carbonyl (C=O) groups is 1. The smallest absolute Gasteiger partial charge is 0.292 e. The van der Waals surface area contributed by atoms with E-state index in [0.717, 1.165) is 18.9 Å². The monoisotopic (exact) mass is 369 g/mol. The van der Waals surface area contributed by atoms with Crippen molar-refractivity contribution in [2.45, 2.75) is 25.7 Å². The van der Waals surface area contributed by atoms with Gasteiger partial charge in [-0.25, -0.2) is 4.98 Å². The highest BCUT2D eigenvalue weighted by atomic mass is 16.6. The molecule has 1 aromatic heterocycles. The second-order valence-electron chi connectivity index (χ2n) is 6.45. The number of aromatic nitrogens is 1. The molecule has 1 saturated heterocycles. The number of amides is 1. The third kappa shape index (κ3) is 5.16. The fraction of sp³-hybridized carbons (Fsp3) is 0.368. The Labute approximate surface area is 157 Å². The highest BCUT2D eigenvalue weighted by Crippen LogP contribution is 2.23. The minimum Gasteiger partial charge on any atom is -0.379 e. The first-order chi connectivity index (χ1) is 13.1. The van der Waals surface area contributed by atoms with Gasteiger partial charge < -0.3 is 15.5 Å². The lowest BCUT2D eigenvalue weighted by atomic mass is 10.1. The van der Waals surface area contributed by atoms with Gasteiger partial charge in [-0.15, -0.1) is 0 Å². The van der Waals surface area contributed by atoms with Crippen molar-refractivity contribution in [2.24, 2.45) is 0 Å². The van der Waals surface area contributed by atoms with E-state index in [0.29, 0.717) is 17.9 Å². The average molecular weight is 369 g/mol. The Morgan fingerprint density at radius 3 is 2.63 bits per heavy atom. The number of hydrogen-bond donors (Lipinski definition) is 2. The molecule has 1 aliphatic heterocycles. The molecule has 0 bridgehead atoms. The molecular weight excluding hydrogens is 346 g/mol. The van der Waals surface area contributed by atoms with Gasteiger partial charge >= 0.3 is 0 Å². The fourth-order valence-corrected chi connectivity index (χ4v) is 3.09. The molecular formula is C19H23N5O3. The summed E-state index contributed by atoms with van der Waals surface area (Å²) < 4.78 is 0. The Hall–Kier alpha value is -3.16. The molecule has 2 heterocycles. The number of nitrogens with zero attached hydrogens (tertiary/aromatic N) is 3. The van der Waals surface area contributed by atoms with Crippen LogP contribution in [0.2, 0.25) is 0 Å². The standard InChI is InChI=1S/C19H23N5O3/c25-19(10-11-20-16-6-2-3-7-17(16)24(26)27)22-15-8-9-18(21-14-15)23-12-4-1-5-13-23/h2-3,6-9,14,20H,1,4-5,10-13H2,(H,22,25). The average Bonchev–Trinajstić information content (AvgIpc) is 2.69. The molecule has 8 heteroatoms. The molecule has 0 saturated carbocycles. The topological polar surface area (TPSA) is 100 Å². The summed E-state index contributed by atoms with van der Waals surface area (Å²) in [6.45, 7) is 2.35. The summed E-state index contributed by atoms with van der Waals surface area (Å²) in [7, 11) is 0. The van der Waals surface area contributed by atoms with E-state index in [4.69, 9.17) is 0 Å². The maximum atomic E-state index is 12.1. The molecule has 27 heavy (non-hydrogen) atoms. The first kappa shape index (κ1) is 18.6. The lowest BCUT2D eigenvalue weighted by Gasteiger charge is -2.27. The Balaban J connectivity index is 1.47. The van der Waals surface area contributed by atoms with Gasteiger partial charge in [-0.1, -0.05) is 12.1 Å². The molecule has 1 amide bonds. The van der Waals surface area contributed by atoms with E-state index in [1.54, 1.807) is 24.4 Å². The summed E-state index contributed by atoms with van der Waals surface area (Å²) in [4.78, 5) is 29.3. The van der Waals surface area contributed by atoms with E-state index in [-0.39, 0.29) is 18.0 Å². The minimum atomic E-state index is -0.446. The quantitative estimate of drug-likeness (QED) is 0.573. The number of anilines is 3. The van der Waals surface area contributed by atoms with Crippen molar-refractivity contribution in [1.82, 2.24) is 4.98 Å². The molecule has 8 nitrogen and oxygen atoms in total. The number of rotatable bonds is 7. The summed E-state index contributed by atoms with van der Waals surface area (Å²) in [5.41, 5.74) is 1.05. The zero-order valence-corrected chi connectivity index (χ0v) is 15.1. The second-order valence-corrected chi connectivity index (χ2v) is 6.45. The maximum absolute atomic E-state index is 12.1. The predicted octanol–water partition coefficient (Wildman–Crippen LogP) is 3.42. The van der Waals surface area contributed by atoms with Crippen molar-refractivity contribution in [3.05, 3.63) is 52.7 Å². The van der Waals surface area contributed by atoms with Crippen LogP contribution in [0.5, 0.6) is 0 Å². The van der Waals surface area contributed by atoms with Crippen LogP contribution in [0, 0.1) is 10.1 Å². The molecule has 1 fully saturated rings. The summed E-state index contributed by atoms with van der Waals surface area (Å²) in [6, 6.07) is 10.1. The van der Waals surface area contributed by atoms with Gasteiger partial charge in [0.1, 0.15) is 11.5 Å².